The number of fused-ring (bicyclic) bond motifs is 2. The third-order valence-electron chi connectivity index (χ3n) is 6.12. The van der Waals surface area contributed by atoms with Gasteiger partial charge in [-0.05, 0) is 43.5 Å². The van der Waals surface area contributed by atoms with Crippen molar-refractivity contribution < 1.29 is 41.9 Å². The van der Waals surface area contributed by atoms with Crippen molar-refractivity contribution >= 4 is 22.1 Å². The first-order valence-corrected chi connectivity index (χ1v) is 11.3. The molecule has 1 aromatic carbocycles. The maximum Gasteiger partial charge on any atom is 0.337 e. The summed E-state index contributed by atoms with van der Waals surface area (Å²) in [5.41, 5.74) is -1.01. The molecular formula is C20H25O9S-. The van der Waals surface area contributed by atoms with Crippen molar-refractivity contribution in [2.75, 3.05) is 6.61 Å². The highest BCUT2D eigenvalue weighted by atomic mass is 32.2. The van der Waals surface area contributed by atoms with Gasteiger partial charge < -0.3 is 23.9 Å². The average Bonchev–Trinajstić information content (AvgIpc) is 3.02. The molecule has 166 valence electrons. The summed E-state index contributed by atoms with van der Waals surface area (Å²) in [5.74, 6) is -1.69. The number of rotatable bonds is 8. The van der Waals surface area contributed by atoms with Crippen LogP contribution in [0, 0.1) is 11.8 Å². The SMILES string of the molecule is CCC(O)(CC)C1CC(OCC(=O)Oc2ccc(S(=O)(=O)[O-])cc2)C2CC1C(=O)O2. The lowest BCUT2D eigenvalue weighted by Gasteiger charge is -2.41. The van der Waals surface area contributed by atoms with E-state index in [0.717, 1.165) is 12.1 Å². The fourth-order valence-electron chi connectivity index (χ4n) is 4.31. The molecule has 1 saturated heterocycles. The molecule has 4 unspecified atom stereocenters. The van der Waals surface area contributed by atoms with Gasteiger partial charge in [0.2, 0.25) is 0 Å². The molecule has 0 spiro atoms. The standard InChI is InChI=1S/C20H26O9S/c1-3-20(23,4-2)15-10-16(17-9-14(15)19(22)29-17)27-11-18(21)28-12-5-7-13(8-6-12)30(24,25)26/h5-8,14-17,23H,3-4,9-11H2,1-2H3,(H,24,25,26)/p-1. The minimum Gasteiger partial charge on any atom is -0.744 e. The van der Waals surface area contributed by atoms with E-state index in [0.29, 0.717) is 25.7 Å². The molecule has 1 aromatic rings. The fraction of sp³-hybridized carbons (Fsp3) is 0.600. The lowest BCUT2D eigenvalue weighted by molar-refractivity contribution is -0.151. The summed E-state index contributed by atoms with van der Waals surface area (Å²) in [5, 5.41) is 10.9. The average molecular weight is 441 g/mol. The predicted molar refractivity (Wildman–Crippen MR) is 101 cm³/mol. The summed E-state index contributed by atoms with van der Waals surface area (Å²) in [7, 11) is -4.58. The molecule has 4 atom stereocenters. The molecule has 9 nitrogen and oxygen atoms in total. The number of carbonyl (C=O) groups excluding carboxylic acids is 2. The molecule has 3 rings (SSSR count). The normalized spacial score (nSPS) is 26.3. The third kappa shape index (κ3) is 4.66. The summed E-state index contributed by atoms with van der Waals surface area (Å²) in [4.78, 5) is 23.9. The molecule has 2 aliphatic rings. The minimum atomic E-state index is -4.58. The van der Waals surface area contributed by atoms with Crippen LogP contribution < -0.4 is 4.74 Å². The third-order valence-corrected chi connectivity index (χ3v) is 6.97. The molecule has 1 saturated carbocycles. The van der Waals surface area contributed by atoms with Gasteiger partial charge in [0, 0.05) is 12.3 Å². The van der Waals surface area contributed by atoms with E-state index in [-0.39, 0.29) is 23.6 Å². The molecule has 1 aliphatic carbocycles. The summed E-state index contributed by atoms with van der Waals surface area (Å²) in [6.45, 7) is 3.33. The number of esters is 2. The van der Waals surface area contributed by atoms with E-state index in [4.69, 9.17) is 14.2 Å². The number of carbonyl (C=O) groups is 2. The Bertz CT molecular complexity index is 889. The van der Waals surface area contributed by atoms with Crippen LogP contribution >= 0.6 is 0 Å². The first-order valence-electron chi connectivity index (χ1n) is 9.88. The van der Waals surface area contributed by atoms with Gasteiger partial charge in [-0.15, -0.1) is 0 Å². The van der Waals surface area contributed by atoms with Crippen LogP contribution in [-0.4, -0.2) is 54.4 Å². The van der Waals surface area contributed by atoms with Crippen molar-refractivity contribution in [3.63, 3.8) is 0 Å². The van der Waals surface area contributed by atoms with Gasteiger partial charge in [0.05, 0.1) is 22.5 Å². The lowest BCUT2D eigenvalue weighted by Crippen LogP contribution is -2.48. The molecule has 30 heavy (non-hydrogen) atoms. The van der Waals surface area contributed by atoms with Crippen LogP contribution in [0.15, 0.2) is 29.2 Å². The maximum absolute atomic E-state index is 12.2. The fourth-order valence-corrected chi connectivity index (χ4v) is 4.78. The van der Waals surface area contributed by atoms with Gasteiger partial charge in [-0.1, -0.05) is 13.8 Å². The number of ether oxygens (including phenoxy) is 3. The zero-order valence-corrected chi connectivity index (χ0v) is 17.6. The Labute approximate surface area is 175 Å². The molecular weight excluding hydrogens is 416 g/mol. The second-order valence-corrected chi connectivity index (χ2v) is 9.10. The van der Waals surface area contributed by atoms with Gasteiger partial charge in [0.1, 0.15) is 28.6 Å². The summed E-state index contributed by atoms with van der Waals surface area (Å²) in [6.07, 6.45) is 0.812. The smallest absolute Gasteiger partial charge is 0.337 e. The Kier molecular flexibility index (Phi) is 6.51. The molecule has 2 bridgehead atoms. The predicted octanol–water partition coefficient (Wildman–Crippen LogP) is 1.38. The molecule has 10 heteroatoms. The number of hydrogen-bond acceptors (Lipinski definition) is 9. The first kappa shape index (κ1) is 22.7. The molecule has 0 amide bonds. The van der Waals surface area contributed by atoms with Gasteiger partial charge >= 0.3 is 11.9 Å². The summed E-state index contributed by atoms with van der Waals surface area (Å²) >= 11 is 0. The van der Waals surface area contributed by atoms with Crippen molar-refractivity contribution in [2.45, 2.75) is 62.2 Å². The van der Waals surface area contributed by atoms with E-state index >= 15 is 0 Å². The van der Waals surface area contributed by atoms with Crippen LogP contribution in [0.1, 0.15) is 39.5 Å². The zero-order chi connectivity index (χ0) is 22.1. The second-order valence-electron chi connectivity index (χ2n) is 7.72. The Morgan fingerprint density at radius 2 is 1.87 bits per heavy atom. The maximum atomic E-state index is 12.2. The highest BCUT2D eigenvalue weighted by molar-refractivity contribution is 7.85. The quantitative estimate of drug-likeness (QED) is 0.360. The number of aliphatic hydroxyl groups is 1. The molecule has 0 aromatic heterocycles. The molecule has 0 radical (unpaired) electrons. The Morgan fingerprint density at radius 3 is 2.43 bits per heavy atom. The van der Waals surface area contributed by atoms with Crippen LogP contribution in [0.25, 0.3) is 0 Å². The van der Waals surface area contributed by atoms with Crippen LogP contribution in [0.5, 0.6) is 5.75 Å². The molecule has 2 fully saturated rings. The van der Waals surface area contributed by atoms with Crippen molar-refractivity contribution in [2.24, 2.45) is 11.8 Å². The summed E-state index contributed by atoms with van der Waals surface area (Å²) in [6, 6.07) is 4.49. The van der Waals surface area contributed by atoms with Crippen molar-refractivity contribution in [1.82, 2.24) is 0 Å². The molecule has 1 heterocycles. The Hall–Kier alpha value is -2.01. The van der Waals surface area contributed by atoms with E-state index in [9.17, 15) is 27.7 Å². The highest BCUT2D eigenvalue weighted by Gasteiger charge is 2.54. The highest BCUT2D eigenvalue weighted by Crippen LogP contribution is 2.46. The minimum absolute atomic E-state index is 0.0659. The van der Waals surface area contributed by atoms with E-state index in [1.807, 2.05) is 13.8 Å². The van der Waals surface area contributed by atoms with Gasteiger partial charge in [-0.3, -0.25) is 4.79 Å². The van der Waals surface area contributed by atoms with E-state index < -0.39 is 45.4 Å². The topological polar surface area (TPSA) is 139 Å². The van der Waals surface area contributed by atoms with E-state index in [2.05, 4.69) is 0 Å². The Balaban J connectivity index is 1.61. The number of benzene rings is 1. The largest absolute Gasteiger partial charge is 0.744 e. The monoisotopic (exact) mass is 441 g/mol. The van der Waals surface area contributed by atoms with E-state index in [1.165, 1.54) is 12.1 Å². The summed E-state index contributed by atoms with van der Waals surface area (Å²) < 4.78 is 49.0. The van der Waals surface area contributed by atoms with Gasteiger partial charge in [-0.2, -0.15) is 0 Å². The zero-order valence-electron chi connectivity index (χ0n) is 16.8. The van der Waals surface area contributed by atoms with Gasteiger partial charge in [0.15, 0.2) is 0 Å². The van der Waals surface area contributed by atoms with Crippen LogP contribution in [0.3, 0.4) is 0 Å². The number of hydrogen-bond donors (Lipinski definition) is 1. The van der Waals surface area contributed by atoms with Crippen molar-refractivity contribution in [1.29, 1.82) is 0 Å². The molecule has 1 N–H and O–H groups in total. The molecule has 1 aliphatic heterocycles. The lowest BCUT2D eigenvalue weighted by atomic mass is 9.67. The van der Waals surface area contributed by atoms with Crippen molar-refractivity contribution in [3.05, 3.63) is 24.3 Å². The second kappa shape index (κ2) is 8.62. The first-order chi connectivity index (χ1) is 14.1. The van der Waals surface area contributed by atoms with Gasteiger partial charge in [0.25, 0.3) is 0 Å². The van der Waals surface area contributed by atoms with E-state index in [1.54, 1.807) is 0 Å². The Morgan fingerprint density at radius 1 is 1.23 bits per heavy atom. The van der Waals surface area contributed by atoms with Crippen molar-refractivity contribution in [3.8, 4) is 5.75 Å². The van der Waals surface area contributed by atoms with Crippen LogP contribution in [-0.2, 0) is 29.2 Å². The van der Waals surface area contributed by atoms with Crippen LogP contribution in [0.2, 0.25) is 0 Å². The van der Waals surface area contributed by atoms with Crippen LogP contribution in [0.4, 0.5) is 0 Å². The van der Waals surface area contributed by atoms with Gasteiger partial charge in [-0.25, -0.2) is 13.2 Å².